The molecule has 0 fully saturated rings. The van der Waals surface area contributed by atoms with Gasteiger partial charge in [-0.05, 0) is 34.5 Å². The molecule has 1 aromatic carbocycles. The summed E-state index contributed by atoms with van der Waals surface area (Å²) >= 11 is 8.33. The number of nitrogens with two attached hydrogens (primary N) is 2. The summed E-state index contributed by atoms with van der Waals surface area (Å²) in [5, 5.41) is 8.00. The van der Waals surface area contributed by atoms with Crippen molar-refractivity contribution in [2.24, 2.45) is 10.9 Å². The number of hydrogen-bond acceptors (Lipinski definition) is 4. The van der Waals surface area contributed by atoms with Crippen molar-refractivity contribution in [3.8, 4) is 0 Å². The smallest absolute Gasteiger partial charge is 0.209 e. The Bertz CT molecular complexity index is 546. The molecule has 0 spiro atoms. The lowest BCUT2D eigenvalue weighted by atomic mass is 10.1. The summed E-state index contributed by atoms with van der Waals surface area (Å²) < 4.78 is 22.3. The molecule has 5 nitrogen and oxygen atoms in total. The molecule has 0 aromatic heterocycles. The van der Waals surface area contributed by atoms with Crippen LogP contribution in [0, 0.1) is 0 Å². The molecule has 18 heavy (non-hydrogen) atoms. The van der Waals surface area contributed by atoms with Crippen molar-refractivity contribution in [3.63, 3.8) is 0 Å². The van der Waals surface area contributed by atoms with E-state index in [1.807, 2.05) is 18.2 Å². The zero-order chi connectivity index (χ0) is 13.8. The number of nitrogens with one attached hydrogen (secondary N) is 1. The summed E-state index contributed by atoms with van der Waals surface area (Å²) in [5.74, 6) is -0.0591. The fourth-order valence-corrected chi connectivity index (χ4v) is 2.90. The predicted molar refractivity (Wildman–Crippen MR) is 81.1 cm³/mol. The Kier molecular flexibility index (Phi) is 5.51. The van der Waals surface area contributed by atoms with Crippen molar-refractivity contribution in [2.75, 3.05) is 17.6 Å². The topological polar surface area (TPSA) is 98.2 Å². The van der Waals surface area contributed by atoms with Crippen LogP contribution in [0.5, 0.6) is 0 Å². The highest BCUT2D eigenvalue weighted by molar-refractivity contribution is 9.10. The van der Waals surface area contributed by atoms with Gasteiger partial charge in [0, 0.05) is 22.3 Å². The van der Waals surface area contributed by atoms with Gasteiger partial charge in [0.15, 0.2) is 0 Å². The highest BCUT2D eigenvalue weighted by Gasteiger charge is 2.09. The maximum atomic E-state index is 10.8. The largest absolute Gasteiger partial charge is 0.389 e. The number of hydrogen-bond donors (Lipinski definition) is 3. The van der Waals surface area contributed by atoms with Gasteiger partial charge >= 0.3 is 0 Å². The number of sulfonamides is 1. The predicted octanol–water partition coefficient (Wildman–Crippen LogP) is 1.17. The molecule has 0 saturated carbocycles. The Morgan fingerprint density at radius 3 is 2.67 bits per heavy atom. The Morgan fingerprint density at radius 2 is 2.11 bits per heavy atom. The first-order valence-corrected chi connectivity index (χ1v) is 8.05. The molecule has 0 radical (unpaired) electrons. The Labute approximate surface area is 120 Å². The first-order valence-electron chi connectivity index (χ1n) is 5.14. The number of primary sulfonamides is 1. The van der Waals surface area contributed by atoms with E-state index in [0.29, 0.717) is 18.5 Å². The lowest BCUT2D eigenvalue weighted by molar-refractivity contribution is 0.596. The molecule has 0 atom stereocenters. The monoisotopic (exact) mass is 351 g/mol. The molecular weight excluding hydrogens is 338 g/mol. The van der Waals surface area contributed by atoms with Crippen LogP contribution in [-0.2, 0) is 10.0 Å². The molecule has 0 aliphatic rings. The quantitative estimate of drug-likeness (QED) is 0.527. The Morgan fingerprint density at radius 1 is 1.44 bits per heavy atom. The number of anilines is 1. The standard InChI is InChI=1S/C10H14BrN3O2S2/c11-7-3-1-4-8(9(7)10(12)17)14-5-2-6-18(13,15)16/h1,3-4,14H,2,5-6H2,(H2,12,17)(H2,13,15,16). The van der Waals surface area contributed by atoms with Crippen LogP contribution >= 0.6 is 28.1 Å². The maximum absolute atomic E-state index is 10.8. The molecule has 0 aliphatic heterocycles. The van der Waals surface area contributed by atoms with Crippen molar-refractivity contribution in [1.29, 1.82) is 0 Å². The van der Waals surface area contributed by atoms with Gasteiger partial charge in [0.2, 0.25) is 10.0 Å². The highest BCUT2D eigenvalue weighted by atomic mass is 79.9. The van der Waals surface area contributed by atoms with E-state index in [-0.39, 0.29) is 10.7 Å². The van der Waals surface area contributed by atoms with Crippen molar-refractivity contribution in [2.45, 2.75) is 6.42 Å². The van der Waals surface area contributed by atoms with Crippen LogP contribution in [0.4, 0.5) is 5.69 Å². The summed E-state index contributed by atoms with van der Waals surface area (Å²) in [4.78, 5) is 0.274. The lowest BCUT2D eigenvalue weighted by Gasteiger charge is -2.12. The first kappa shape index (κ1) is 15.4. The number of rotatable bonds is 6. The van der Waals surface area contributed by atoms with Crippen LogP contribution < -0.4 is 16.2 Å². The van der Waals surface area contributed by atoms with Gasteiger partial charge in [0.05, 0.1) is 5.75 Å². The molecule has 0 aliphatic carbocycles. The van der Waals surface area contributed by atoms with Gasteiger partial charge in [-0.1, -0.05) is 18.3 Å². The zero-order valence-electron chi connectivity index (χ0n) is 9.52. The van der Waals surface area contributed by atoms with Crippen LogP contribution in [0.3, 0.4) is 0 Å². The zero-order valence-corrected chi connectivity index (χ0v) is 12.7. The number of halogens is 1. The van der Waals surface area contributed by atoms with Gasteiger partial charge in [-0.2, -0.15) is 0 Å². The minimum absolute atomic E-state index is 0.0591. The van der Waals surface area contributed by atoms with Gasteiger partial charge in [-0.3, -0.25) is 0 Å². The van der Waals surface area contributed by atoms with Gasteiger partial charge in [-0.15, -0.1) is 0 Å². The second-order valence-corrected chi connectivity index (χ2v) is 6.70. The Balaban J connectivity index is 2.68. The molecule has 0 saturated heterocycles. The van der Waals surface area contributed by atoms with E-state index in [1.165, 1.54) is 0 Å². The second kappa shape index (κ2) is 6.46. The minimum atomic E-state index is -3.41. The highest BCUT2D eigenvalue weighted by Crippen LogP contribution is 2.24. The fraction of sp³-hybridized carbons (Fsp3) is 0.300. The Hall–Kier alpha value is -0.700. The van der Waals surface area contributed by atoms with Crippen LogP contribution in [0.1, 0.15) is 12.0 Å². The first-order chi connectivity index (χ1) is 8.31. The molecule has 1 aromatic rings. The van der Waals surface area contributed by atoms with Crippen LogP contribution in [0.15, 0.2) is 22.7 Å². The van der Waals surface area contributed by atoms with Crippen molar-refractivity contribution >= 4 is 48.8 Å². The van der Waals surface area contributed by atoms with E-state index in [9.17, 15) is 8.42 Å². The van der Waals surface area contributed by atoms with Crippen LogP contribution in [0.25, 0.3) is 0 Å². The second-order valence-electron chi connectivity index (χ2n) is 3.67. The van der Waals surface area contributed by atoms with E-state index in [2.05, 4.69) is 21.2 Å². The third-order valence-electron chi connectivity index (χ3n) is 2.18. The molecule has 100 valence electrons. The van der Waals surface area contributed by atoms with E-state index < -0.39 is 10.0 Å². The van der Waals surface area contributed by atoms with E-state index in [0.717, 1.165) is 10.2 Å². The molecule has 5 N–H and O–H groups in total. The van der Waals surface area contributed by atoms with Crippen LogP contribution in [0.2, 0.25) is 0 Å². The molecule has 0 amide bonds. The summed E-state index contributed by atoms with van der Waals surface area (Å²) in [6.07, 6.45) is 0.419. The molecule has 8 heteroatoms. The van der Waals surface area contributed by atoms with Crippen molar-refractivity contribution < 1.29 is 8.42 Å². The normalized spacial score (nSPS) is 11.2. The number of benzene rings is 1. The maximum Gasteiger partial charge on any atom is 0.209 e. The average Bonchev–Trinajstić information content (AvgIpc) is 2.22. The summed E-state index contributed by atoms with van der Waals surface area (Å²) in [5.41, 5.74) is 7.12. The fourth-order valence-electron chi connectivity index (χ4n) is 1.42. The van der Waals surface area contributed by atoms with Gasteiger partial charge < -0.3 is 11.1 Å². The molecule has 1 rings (SSSR count). The molecule has 0 unspecified atom stereocenters. The summed E-state index contributed by atoms with van der Waals surface area (Å²) in [6, 6.07) is 5.51. The van der Waals surface area contributed by atoms with Crippen LogP contribution in [-0.4, -0.2) is 25.7 Å². The SMILES string of the molecule is NC(=S)c1c(Br)cccc1NCCCS(N)(=O)=O. The summed E-state index contributed by atoms with van der Waals surface area (Å²) in [6.45, 7) is 0.475. The van der Waals surface area contributed by atoms with E-state index in [4.69, 9.17) is 23.1 Å². The summed E-state index contributed by atoms with van der Waals surface area (Å²) in [7, 11) is -3.41. The van der Waals surface area contributed by atoms with E-state index >= 15 is 0 Å². The molecule has 0 bridgehead atoms. The average molecular weight is 352 g/mol. The third kappa shape index (κ3) is 4.89. The van der Waals surface area contributed by atoms with Crippen molar-refractivity contribution in [3.05, 3.63) is 28.2 Å². The van der Waals surface area contributed by atoms with Gasteiger partial charge in [0.1, 0.15) is 4.99 Å². The molecule has 0 heterocycles. The van der Waals surface area contributed by atoms with Gasteiger partial charge in [-0.25, -0.2) is 13.6 Å². The van der Waals surface area contributed by atoms with Gasteiger partial charge in [0.25, 0.3) is 0 Å². The minimum Gasteiger partial charge on any atom is -0.389 e. The van der Waals surface area contributed by atoms with Crippen molar-refractivity contribution in [1.82, 2.24) is 0 Å². The lowest BCUT2D eigenvalue weighted by Crippen LogP contribution is -2.19. The molecular formula is C10H14BrN3O2S2. The third-order valence-corrected chi connectivity index (χ3v) is 3.90. The number of thiocarbonyl (C=S) groups is 1. The van der Waals surface area contributed by atoms with E-state index in [1.54, 1.807) is 0 Å².